The highest BCUT2D eigenvalue weighted by molar-refractivity contribution is 4.79. The summed E-state index contributed by atoms with van der Waals surface area (Å²) >= 11 is 0. The van der Waals surface area contributed by atoms with Crippen LogP contribution in [0.3, 0.4) is 0 Å². The van der Waals surface area contributed by atoms with Crippen molar-refractivity contribution in [1.82, 2.24) is 5.73 Å². The molecule has 0 atom stereocenters. The molecule has 0 aliphatic heterocycles. The normalized spacial score (nSPS) is 12.0. The molecule has 0 bridgehead atoms. The first-order valence-corrected chi connectivity index (χ1v) is 5.93. The Bertz CT molecular complexity index is 106. The van der Waals surface area contributed by atoms with Gasteiger partial charge in [-0.2, -0.15) is 0 Å². The van der Waals surface area contributed by atoms with Crippen molar-refractivity contribution in [3.63, 3.8) is 0 Å². The number of hydrogen-bond acceptors (Lipinski definition) is 0. The smallest absolute Gasteiger partial charge is 0.0318 e. The van der Waals surface area contributed by atoms with Crippen LogP contribution in [0.2, 0.25) is 0 Å². The van der Waals surface area contributed by atoms with Crippen LogP contribution >= 0.6 is 0 Å². The lowest BCUT2D eigenvalue weighted by atomic mass is 9.88. The zero-order chi connectivity index (χ0) is 10.2. The topological polar surface area (TPSA) is 23.8 Å². The highest BCUT2D eigenvalue weighted by Gasteiger charge is 2.19. The van der Waals surface area contributed by atoms with Gasteiger partial charge in [-0.05, 0) is 19.3 Å². The van der Waals surface area contributed by atoms with Crippen LogP contribution in [-0.2, 0) is 0 Å². The SMILES string of the molecule is CCCCCCCC([NH])(CC)CC. The first-order valence-electron chi connectivity index (χ1n) is 5.93. The zero-order valence-corrected chi connectivity index (χ0v) is 9.66. The van der Waals surface area contributed by atoms with Crippen molar-refractivity contribution in [2.24, 2.45) is 0 Å². The summed E-state index contributed by atoms with van der Waals surface area (Å²) in [5, 5.41) is 0. The first-order chi connectivity index (χ1) is 6.18. The molecule has 0 aliphatic carbocycles. The maximum absolute atomic E-state index is 8.10. The molecule has 1 heteroatoms. The molecule has 1 radical (unpaired) electrons. The Balaban J connectivity index is 3.39. The molecule has 0 spiro atoms. The highest BCUT2D eigenvalue weighted by Crippen LogP contribution is 2.21. The molecular formula is C12H26N. The summed E-state index contributed by atoms with van der Waals surface area (Å²) in [4.78, 5) is 0. The van der Waals surface area contributed by atoms with Crippen molar-refractivity contribution in [1.29, 1.82) is 0 Å². The van der Waals surface area contributed by atoms with Gasteiger partial charge < -0.3 is 0 Å². The minimum absolute atomic E-state index is 0.119. The Labute approximate surface area is 84.1 Å². The highest BCUT2D eigenvalue weighted by atomic mass is 14.7. The molecule has 0 aliphatic rings. The number of hydrogen-bond donors (Lipinski definition) is 0. The Hall–Kier alpha value is -0.0400. The van der Waals surface area contributed by atoms with Gasteiger partial charge in [0.2, 0.25) is 0 Å². The first kappa shape index (κ1) is 13.0. The van der Waals surface area contributed by atoms with E-state index in [1.54, 1.807) is 0 Å². The van der Waals surface area contributed by atoms with Gasteiger partial charge in [0.1, 0.15) is 0 Å². The third-order valence-corrected chi connectivity index (χ3v) is 3.11. The third kappa shape index (κ3) is 6.09. The van der Waals surface area contributed by atoms with E-state index in [-0.39, 0.29) is 5.54 Å². The molecule has 0 heterocycles. The van der Waals surface area contributed by atoms with Crippen LogP contribution < -0.4 is 5.73 Å². The maximum atomic E-state index is 8.10. The van der Waals surface area contributed by atoms with E-state index >= 15 is 0 Å². The van der Waals surface area contributed by atoms with E-state index < -0.39 is 0 Å². The van der Waals surface area contributed by atoms with E-state index in [0.29, 0.717) is 0 Å². The fourth-order valence-corrected chi connectivity index (χ4v) is 1.67. The Kier molecular flexibility index (Phi) is 7.35. The summed E-state index contributed by atoms with van der Waals surface area (Å²) in [5.41, 5.74) is 7.98. The predicted octanol–water partition coefficient (Wildman–Crippen LogP) is 4.19. The van der Waals surface area contributed by atoms with Crippen molar-refractivity contribution in [2.75, 3.05) is 0 Å². The minimum atomic E-state index is -0.119. The lowest BCUT2D eigenvalue weighted by molar-refractivity contribution is 0.338. The standard InChI is InChI=1S/C12H26N/c1-4-7-8-9-10-11-12(13,5-2)6-3/h13H,4-11H2,1-3H3. The van der Waals surface area contributed by atoms with E-state index in [2.05, 4.69) is 20.8 Å². The molecule has 0 aromatic heterocycles. The summed E-state index contributed by atoms with van der Waals surface area (Å²) in [6.07, 6.45) is 9.74. The number of unbranched alkanes of at least 4 members (excludes halogenated alkanes) is 4. The van der Waals surface area contributed by atoms with Gasteiger partial charge in [-0.15, -0.1) is 0 Å². The molecule has 0 saturated carbocycles. The minimum Gasteiger partial charge on any atom is -0.251 e. The molecule has 0 aromatic carbocycles. The molecule has 0 unspecified atom stereocenters. The molecule has 0 aromatic rings. The number of rotatable bonds is 8. The zero-order valence-electron chi connectivity index (χ0n) is 9.66. The van der Waals surface area contributed by atoms with Gasteiger partial charge in [0.25, 0.3) is 0 Å². The van der Waals surface area contributed by atoms with Crippen LogP contribution in [-0.4, -0.2) is 5.54 Å². The van der Waals surface area contributed by atoms with Gasteiger partial charge in [-0.25, -0.2) is 0 Å². The third-order valence-electron chi connectivity index (χ3n) is 3.11. The van der Waals surface area contributed by atoms with Crippen molar-refractivity contribution < 1.29 is 0 Å². The van der Waals surface area contributed by atoms with Gasteiger partial charge in [-0.1, -0.05) is 52.9 Å². The predicted molar refractivity (Wildman–Crippen MR) is 59.8 cm³/mol. The average molecular weight is 184 g/mol. The summed E-state index contributed by atoms with van der Waals surface area (Å²) in [6.45, 7) is 6.53. The van der Waals surface area contributed by atoms with Crippen LogP contribution in [0.25, 0.3) is 0 Å². The largest absolute Gasteiger partial charge is 0.251 e. The van der Waals surface area contributed by atoms with Crippen molar-refractivity contribution in [3.8, 4) is 0 Å². The molecule has 1 nitrogen and oxygen atoms in total. The van der Waals surface area contributed by atoms with E-state index in [0.717, 1.165) is 19.3 Å². The lowest BCUT2D eigenvalue weighted by Crippen LogP contribution is -2.28. The quantitative estimate of drug-likeness (QED) is 0.505. The summed E-state index contributed by atoms with van der Waals surface area (Å²) in [5.74, 6) is 0. The van der Waals surface area contributed by atoms with E-state index in [1.807, 2.05) is 0 Å². The van der Waals surface area contributed by atoms with Crippen LogP contribution in [0.1, 0.15) is 72.1 Å². The fourth-order valence-electron chi connectivity index (χ4n) is 1.67. The van der Waals surface area contributed by atoms with Crippen molar-refractivity contribution >= 4 is 0 Å². The number of nitrogens with one attached hydrogen (secondary N) is 1. The molecule has 13 heavy (non-hydrogen) atoms. The van der Waals surface area contributed by atoms with Gasteiger partial charge in [-0.3, -0.25) is 5.73 Å². The monoisotopic (exact) mass is 184 g/mol. The lowest BCUT2D eigenvalue weighted by Gasteiger charge is -2.25. The van der Waals surface area contributed by atoms with Gasteiger partial charge >= 0.3 is 0 Å². The second-order valence-electron chi connectivity index (χ2n) is 4.15. The molecule has 0 amide bonds. The second kappa shape index (κ2) is 7.37. The Morgan fingerprint density at radius 2 is 1.38 bits per heavy atom. The Morgan fingerprint density at radius 1 is 0.846 bits per heavy atom. The van der Waals surface area contributed by atoms with Gasteiger partial charge in [0.15, 0.2) is 0 Å². The van der Waals surface area contributed by atoms with Gasteiger partial charge in [0.05, 0.1) is 0 Å². The molecule has 79 valence electrons. The van der Waals surface area contributed by atoms with Crippen molar-refractivity contribution in [2.45, 2.75) is 77.7 Å². The molecule has 0 saturated heterocycles. The van der Waals surface area contributed by atoms with E-state index in [9.17, 15) is 0 Å². The van der Waals surface area contributed by atoms with E-state index in [4.69, 9.17) is 5.73 Å². The Morgan fingerprint density at radius 3 is 1.85 bits per heavy atom. The molecular weight excluding hydrogens is 158 g/mol. The maximum Gasteiger partial charge on any atom is 0.0318 e. The second-order valence-corrected chi connectivity index (χ2v) is 4.15. The molecule has 1 N–H and O–H groups in total. The van der Waals surface area contributed by atoms with E-state index in [1.165, 1.54) is 32.1 Å². The van der Waals surface area contributed by atoms with Crippen LogP contribution in [0.4, 0.5) is 0 Å². The molecule has 0 fully saturated rings. The van der Waals surface area contributed by atoms with Crippen LogP contribution in [0, 0.1) is 0 Å². The van der Waals surface area contributed by atoms with Crippen LogP contribution in [0.5, 0.6) is 0 Å². The summed E-state index contributed by atoms with van der Waals surface area (Å²) in [6, 6.07) is 0. The van der Waals surface area contributed by atoms with Gasteiger partial charge in [0, 0.05) is 5.54 Å². The van der Waals surface area contributed by atoms with Crippen LogP contribution in [0.15, 0.2) is 0 Å². The average Bonchev–Trinajstić information content (AvgIpc) is 2.17. The fraction of sp³-hybridized carbons (Fsp3) is 1.00. The summed E-state index contributed by atoms with van der Waals surface area (Å²) in [7, 11) is 0. The molecule has 0 rings (SSSR count). The summed E-state index contributed by atoms with van der Waals surface area (Å²) < 4.78 is 0. The van der Waals surface area contributed by atoms with Crippen molar-refractivity contribution in [3.05, 3.63) is 0 Å².